The fourth-order valence-electron chi connectivity index (χ4n) is 3.27. The van der Waals surface area contributed by atoms with E-state index in [0.717, 1.165) is 18.2 Å². The molecule has 1 unspecified atom stereocenters. The first-order valence-corrected chi connectivity index (χ1v) is 11.8. The van der Waals surface area contributed by atoms with Crippen LogP contribution in [0.2, 0.25) is 0 Å². The Hall–Kier alpha value is -3.35. The molecule has 0 saturated carbocycles. The van der Waals surface area contributed by atoms with Gasteiger partial charge in [0.1, 0.15) is 11.5 Å². The lowest BCUT2D eigenvalue weighted by molar-refractivity contribution is -0.141. The van der Waals surface area contributed by atoms with Gasteiger partial charge >= 0.3 is 6.18 Å². The summed E-state index contributed by atoms with van der Waals surface area (Å²) in [4.78, 5) is 16.4. The van der Waals surface area contributed by atoms with Crippen molar-refractivity contribution in [2.24, 2.45) is 5.14 Å². The molecule has 4 N–H and O–H groups in total. The summed E-state index contributed by atoms with van der Waals surface area (Å²) in [5, 5.41) is 7.57. The zero-order chi connectivity index (χ0) is 25.8. The van der Waals surface area contributed by atoms with E-state index in [4.69, 9.17) is 5.14 Å². The minimum absolute atomic E-state index is 0.0104. The van der Waals surface area contributed by atoms with Crippen LogP contribution in [0.25, 0.3) is 11.3 Å². The molecular formula is C23H22F4N4O3S. The molecule has 35 heavy (non-hydrogen) atoms. The molecule has 0 radical (unpaired) electrons. The summed E-state index contributed by atoms with van der Waals surface area (Å²) in [6.45, 7) is 1.51. The Bertz CT molecular complexity index is 1310. The highest BCUT2D eigenvalue weighted by Crippen LogP contribution is 2.31. The van der Waals surface area contributed by atoms with E-state index >= 15 is 0 Å². The Morgan fingerprint density at radius 1 is 1.06 bits per heavy atom. The molecule has 1 atom stereocenters. The number of benzene rings is 2. The van der Waals surface area contributed by atoms with E-state index in [-0.39, 0.29) is 29.9 Å². The Kier molecular flexibility index (Phi) is 7.88. The first-order chi connectivity index (χ1) is 16.3. The van der Waals surface area contributed by atoms with Gasteiger partial charge in [-0.15, -0.1) is 0 Å². The lowest BCUT2D eigenvalue weighted by atomic mass is 9.98. The molecule has 0 aliphatic heterocycles. The zero-order valence-electron chi connectivity index (χ0n) is 18.4. The lowest BCUT2D eigenvalue weighted by Crippen LogP contribution is -2.30. The average molecular weight is 511 g/mol. The number of aromatic nitrogens is 1. The van der Waals surface area contributed by atoms with Crippen LogP contribution in [-0.2, 0) is 34.3 Å². The van der Waals surface area contributed by atoms with E-state index < -0.39 is 39.7 Å². The van der Waals surface area contributed by atoms with Crippen molar-refractivity contribution in [2.45, 2.75) is 32.1 Å². The molecule has 0 bridgehead atoms. The average Bonchev–Trinajstić information content (AvgIpc) is 2.80. The van der Waals surface area contributed by atoms with Crippen LogP contribution in [0, 0.1) is 5.82 Å². The van der Waals surface area contributed by atoms with E-state index in [2.05, 4.69) is 15.0 Å². The fraction of sp³-hybridized carbons (Fsp3) is 0.217. The molecule has 0 spiro atoms. The number of nitrogens with two attached hydrogens (primary N) is 1. The first kappa shape index (κ1) is 26.3. The van der Waals surface area contributed by atoms with Crippen LogP contribution in [0.4, 0.5) is 17.6 Å². The van der Waals surface area contributed by atoms with Crippen molar-refractivity contribution in [3.8, 4) is 11.3 Å². The molecular weight excluding hydrogens is 488 g/mol. The van der Waals surface area contributed by atoms with Gasteiger partial charge in [0.25, 0.3) is 10.2 Å². The third kappa shape index (κ3) is 7.31. The van der Waals surface area contributed by atoms with Crippen molar-refractivity contribution in [1.82, 2.24) is 15.0 Å². The van der Waals surface area contributed by atoms with Gasteiger partial charge < -0.3 is 5.32 Å². The lowest BCUT2D eigenvalue weighted by Gasteiger charge is -2.16. The molecule has 12 heteroatoms. The van der Waals surface area contributed by atoms with Gasteiger partial charge in [0.05, 0.1) is 11.6 Å². The van der Waals surface area contributed by atoms with Gasteiger partial charge in [-0.25, -0.2) is 14.5 Å². The van der Waals surface area contributed by atoms with Crippen molar-refractivity contribution in [1.29, 1.82) is 0 Å². The number of halogens is 4. The topological polar surface area (TPSA) is 114 Å². The highest BCUT2D eigenvalue weighted by molar-refractivity contribution is 7.87. The van der Waals surface area contributed by atoms with Gasteiger partial charge in [0.2, 0.25) is 5.91 Å². The van der Waals surface area contributed by atoms with Crippen LogP contribution in [0.3, 0.4) is 0 Å². The van der Waals surface area contributed by atoms with Crippen molar-refractivity contribution in [3.63, 3.8) is 0 Å². The molecule has 186 valence electrons. The SMILES string of the molecule is CC(C(=O)NCc1ccc(C(F)(F)F)nc1-c1cccc(F)c1)c1ccc(CNS(N)(=O)=O)cc1. The summed E-state index contributed by atoms with van der Waals surface area (Å²) in [5.74, 6) is -1.64. The maximum absolute atomic E-state index is 13.7. The van der Waals surface area contributed by atoms with Gasteiger partial charge in [-0.3, -0.25) is 4.79 Å². The predicted octanol–water partition coefficient (Wildman–Crippen LogP) is 3.62. The Morgan fingerprint density at radius 2 is 1.74 bits per heavy atom. The van der Waals surface area contributed by atoms with E-state index in [0.29, 0.717) is 11.1 Å². The van der Waals surface area contributed by atoms with Crippen molar-refractivity contribution in [2.75, 3.05) is 0 Å². The van der Waals surface area contributed by atoms with Crippen LogP contribution in [0.5, 0.6) is 0 Å². The number of amides is 1. The molecule has 1 amide bonds. The summed E-state index contributed by atoms with van der Waals surface area (Å²) in [6, 6.07) is 13.6. The maximum Gasteiger partial charge on any atom is 0.433 e. The molecule has 0 aliphatic rings. The van der Waals surface area contributed by atoms with E-state index in [1.54, 1.807) is 31.2 Å². The van der Waals surface area contributed by atoms with Crippen LogP contribution >= 0.6 is 0 Å². The number of rotatable bonds is 8. The molecule has 1 aromatic heterocycles. The molecule has 0 saturated heterocycles. The third-order valence-corrected chi connectivity index (χ3v) is 5.72. The van der Waals surface area contributed by atoms with E-state index in [1.807, 2.05) is 0 Å². The monoisotopic (exact) mass is 510 g/mol. The summed E-state index contributed by atoms with van der Waals surface area (Å²) < 4.78 is 77.4. The summed E-state index contributed by atoms with van der Waals surface area (Å²) in [7, 11) is -3.84. The van der Waals surface area contributed by atoms with Gasteiger partial charge in [-0.2, -0.15) is 26.3 Å². The predicted molar refractivity (Wildman–Crippen MR) is 121 cm³/mol. The second-order valence-electron chi connectivity index (χ2n) is 7.76. The number of nitrogens with one attached hydrogen (secondary N) is 2. The number of hydrogen-bond acceptors (Lipinski definition) is 4. The van der Waals surface area contributed by atoms with Crippen molar-refractivity contribution < 1.29 is 30.8 Å². The first-order valence-electron chi connectivity index (χ1n) is 10.3. The quantitative estimate of drug-likeness (QED) is 0.402. The number of alkyl halides is 3. The van der Waals surface area contributed by atoms with Gasteiger partial charge in [-0.1, -0.05) is 42.5 Å². The largest absolute Gasteiger partial charge is 0.433 e. The minimum Gasteiger partial charge on any atom is -0.351 e. The van der Waals surface area contributed by atoms with E-state index in [1.165, 1.54) is 18.2 Å². The highest BCUT2D eigenvalue weighted by Gasteiger charge is 2.33. The number of carbonyl (C=O) groups excluding carboxylic acids is 1. The Balaban J connectivity index is 1.75. The fourth-order valence-corrected chi connectivity index (χ4v) is 3.64. The van der Waals surface area contributed by atoms with Crippen LogP contribution in [0.1, 0.15) is 35.2 Å². The summed E-state index contributed by atoms with van der Waals surface area (Å²) in [6.07, 6.45) is -4.69. The van der Waals surface area contributed by atoms with Gasteiger partial charge in [0.15, 0.2) is 0 Å². The van der Waals surface area contributed by atoms with E-state index in [9.17, 15) is 30.8 Å². The minimum atomic E-state index is -4.69. The normalized spacial score (nSPS) is 12.9. The Morgan fingerprint density at radius 3 is 2.34 bits per heavy atom. The number of hydrogen-bond donors (Lipinski definition) is 3. The molecule has 3 aromatic rings. The van der Waals surface area contributed by atoms with Gasteiger partial charge in [0, 0.05) is 18.7 Å². The number of nitrogens with zero attached hydrogens (tertiary/aromatic N) is 1. The summed E-state index contributed by atoms with van der Waals surface area (Å²) >= 11 is 0. The molecule has 2 aromatic carbocycles. The zero-order valence-corrected chi connectivity index (χ0v) is 19.3. The number of carbonyl (C=O) groups is 1. The van der Waals surface area contributed by atoms with Crippen LogP contribution in [-0.4, -0.2) is 19.3 Å². The molecule has 3 rings (SSSR count). The Labute approximate surface area is 199 Å². The smallest absolute Gasteiger partial charge is 0.351 e. The maximum atomic E-state index is 13.7. The second kappa shape index (κ2) is 10.5. The molecule has 1 heterocycles. The number of pyridine rings is 1. The van der Waals surface area contributed by atoms with Crippen LogP contribution in [0.15, 0.2) is 60.7 Å². The standard InChI is InChI=1S/C23H22F4N4O3S/c1-14(16-7-5-15(6-8-16)12-30-35(28,33)34)22(32)29-13-18-9-10-20(23(25,26)27)31-21(18)17-3-2-4-19(24)11-17/h2-11,14,30H,12-13H2,1H3,(H,29,32)(H2,28,33,34). The van der Waals surface area contributed by atoms with Gasteiger partial charge in [-0.05, 0) is 41.8 Å². The van der Waals surface area contributed by atoms with Crippen molar-refractivity contribution in [3.05, 3.63) is 88.9 Å². The summed E-state index contributed by atoms with van der Waals surface area (Å²) in [5.41, 5.74) is 0.491. The third-order valence-electron chi connectivity index (χ3n) is 5.17. The highest BCUT2D eigenvalue weighted by atomic mass is 32.2. The van der Waals surface area contributed by atoms with Crippen LogP contribution < -0.4 is 15.2 Å². The molecule has 7 nitrogen and oxygen atoms in total. The molecule has 0 aliphatic carbocycles. The second-order valence-corrected chi connectivity index (χ2v) is 9.14. The molecule has 0 fully saturated rings. The van der Waals surface area contributed by atoms with Crippen molar-refractivity contribution >= 4 is 16.1 Å².